The number of anilines is 1. The van der Waals surface area contributed by atoms with Gasteiger partial charge in [-0.05, 0) is 86.3 Å². The molecule has 3 fully saturated rings. The summed E-state index contributed by atoms with van der Waals surface area (Å²) in [6.07, 6.45) is 6.45. The number of carboxylic acids is 1. The molecule has 2 saturated heterocycles. The van der Waals surface area contributed by atoms with E-state index in [2.05, 4.69) is 10.3 Å². The Labute approximate surface area is 239 Å². The normalized spacial score (nSPS) is 22.7. The van der Waals surface area contributed by atoms with Gasteiger partial charge in [-0.25, -0.2) is 4.98 Å². The molecule has 40 heavy (non-hydrogen) atoms. The summed E-state index contributed by atoms with van der Waals surface area (Å²) in [6, 6.07) is 13.9. The molecule has 2 aliphatic heterocycles. The minimum atomic E-state index is -0.640. The van der Waals surface area contributed by atoms with E-state index >= 15 is 0 Å². The maximum absolute atomic E-state index is 12.9. The van der Waals surface area contributed by atoms with E-state index in [0.717, 1.165) is 97.1 Å². The number of hydrogen-bond donors (Lipinski definition) is 1. The third-order valence-corrected chi connectivity index (χ3v) is 9.80. The number of aromatic nitrogens is 1. The van der Waals surface area contributed by atoms with Gasteiger partial charge in [0.05, 0.1) is 11.6 Å². The zero-order valence-electron chi connectivity index (χ0n) is 23.1. The van der Waals surface area contributed by atoms with Gasteiger partial charge in [0, 0.05) is 42.7 Å². The first-order valence-electron chi connectivity index (χ1n) is 14.5. The number of thiazole rings is 1. The van der Waals surface area contributed by atoms with Gasteiger partial charge in [0.25, 0.3) is 5.91 Å². The molecule has 3 atom stereocenters. The molecule has 1 aliphatic carbocycles. The topological polar surface area (TPSA) is 83.0 Å². The number of piperidine rings is 2. The number of carboxylic acid groups (broad SMARTS) is 1. The SMILES string of the molecule is Cc1cc(C(=O)N2CCCCC2)ccc1COc1ccccc1-c1csc(N2C[C@H]3CCC[C@@H](C2)C3C(=O)O)n1. The molecule has 1 N–H and O–H groups in total. The number of amides is 1. The number of rotatable bonds is 7. The summed E-state index contributed by atoms with van der Waals surface area (Å²) in [7, 11) is 0. The lowest BCUT2D eigenvalue weighted by atomic mass is 9.69. The fourth-order valence-electron chi connectivity index (χ4n) is 6.76. The molecule has 6 rings (SSSR count). The van der Waals surface area contributed by atoms with Crippen LogP contribution in [0.15, 0.2) is 47.8 Å². The first kappa shape index (κ1) is 26.8. The predicted octanol–water partition coefficient (Wildman–Crippen LogP) is 6.26. The number of nitrogens with zero attached hydrogens (tertiary/aromatic N) is 3. The van der Waals surface area contributed by atoms with Gasteiger partial charge in [-0.3, -0.25) is 9.59 Å². The third-order valence-electron chi connectivity index (χ3n) is 8.90. The van der Waals surface area contributed by atoms with Crippen LogP contribution in [0.4, 0.5) is 5.13 Å². The molecule has 1 amide bonds. The van der Waals surface area contributed by atoms with Crippen LogP contribution >= 0.6 is 11.3 Å². The largest absolute Gasteiger partial charge is 0.488 e. The first-order chi connectivity index (χ1) is 19.5. The van der Waals surface area contributed by atoms with Crippen LogP contribution in [0.2, 0.25) is 0 Å². The van der Waals surface area contributed by atoms with Crippen LogP contribution in [0.3, 0.4) is 0 Å². The molecular formula is C32H37N3O4S. The van der Waals surface area contributed by atoms with Gasteiger partial charge in [-0.15, -0.1) is 11.3 Å². The molecule has 1 unspecified atom stereocenters. The van der Waals surface area contributed by atoms with Crippen molar-refractivity contribution in [3.05, 3.63) is 64.5 Å². The van der Waals surface area contributed by atoms with E-state index in [1.165, 1.54) is 6.42 Å². The van der Waals surface area contributed by atoms with Crippen molar-refractivity contribution in [2.75, 3.05) is 31.1 Å². The summed E-state index contributed by atoms with van der Waals surface area (Å²) in [5.41, 5.74) is 4.67. The van der Waals surface area contributed by atoms with E-state index < -0.39 is 5.97 Å². The average molecular weight is 560 g/mol. The summed E-state index contributed by atoms with van der Waals surface area (Å²) in [5, 5.41) is 12.8. The molecule has 3 aliphatic rings. The number of carbonyl (C=O) groups is 2. The number of likely N-dealkylation sites (tertiary alicyclic amines) is 1. The van der Waals surface area contributed by atoms with Crippen molar-refractivity contribution < 1.29 is 19.4 Å². The fourth-order valence-corrected chi connectivity index (χ4v) is 7.61. The number of aryl methyl sites for hydroxylation is 1. The second-order valence-electron chi connectivity index (χ2n) is 11.5. The summed E-state index contributed by atoms with van der Waals surface area (Å²) in [6.45, 7) is 5.65. The van der Waals surface area contributed by atoms with Crippen LogP contribution < -0.4 is 9.64 Å². The molecule has 0 radical (unpaired) electrons. The summed E-state index contributed by atoms with van der Waals surface area (Å²) < 4.78 is 6.32. The van der Waals surface area contributed by atoms with Gasteiger partial charge in [-0.2, -0.15) is 0 Å². The second kappa shape index (κ2) is 11.6. The van der Waals surface area contributed by atoms with Crippen molar-refractivity contribution in [2.45, 2.75) is 52.1 Å². The van der Waals surface area contributed by atoms with Crippen molar-refractivity contribution in [3.8, 4) is 17.0 Å². The lowest BCUT2D eigenvalue weighted by molar-refractivity contribution is -0.148. The number of benzene rings is 2. The Balaban J connectivity index is 1.14. The van der Waals surface area contributed by atoms with Gasteiger partial charge in [0.2, 0.25) is 0 Å². The van der Waals surface area contributed by atoms with Crippen molar-refractivity contribution in [2.24, 2.45) is 17.8 Å². The average Bonchev–Trinajstić information content (AvgIpc) is 3.46. The Bertz CT molecular complexity index is 1370. The number of fused-ring (bicyclic) bond motifs is 2. The predicted molar refractivity (Wildman–Crippen MR) is 157 cm³/mol. The van der Waals surface area contributed by atoms with Crippen LogP contribution in [-0.4, -0.2) is 53.0 Å². The van der Waals surface area contributed by atoms with Crippen LogP contribution in [0.5, 0.6) is 5.75 Å². The first-order valence-corrected chi connectivity index (χ1v) is 15.4. The minimum absolute atomic E-state index is 0.121. The molecule has 7 nitrogen and oxygen atoms in total. The van der Waals surface area contributed by atoms with E-state index in [-0.39, 0.29) is 23.7 Å². The van der Waals surface area contributed by atoms with E-state index in [1.54, 1.807) is 11.3 Å². The molecule has 1 aromatic heterocycles. The summed E-state index contributed by atoms with van der Waals surface area (Å²) in [4.78, 5) is 34.0. The number of hydrogen-bond acceptors (Lipinski definition) is 6. The zero-order chi connectivity index (χ0) is 27.6. The Kier molecular flexibility index (Phi) is 7.78. The highest BCUT2D eigenvalue weighted by atomic mass is 32.1. The molecule has 0 spiro atoms. The highest BCUT2D eigenvalue weighted by molar-refractivity contribution is 7.14. The second-order valence-corrected chi connectivity index (χ2v) is 12.4. The molecule has 3 aromatic rings. The van der Waals surface area contributed by atoms with Crippen LogP contribution in [-0.2, 0) is 11.4 Å². The molecule has 3 heterocycles. The lowest BCUT2D eigenvalue weighted by Crippen LogP contribution is -2.51. The summed E-state index contributed by atoms with van der Waals surface area (Å²) >= 11 is 1.62. The van der Waals surface area contributed by atoms with Gasteiger partial charge in [0.1, 0.15) is 12.4 Å². The van der Waals surface area contributed by atoms with Crippen LogP contribution in [0, 0.1) is 24.7 Å². The van der Waals surface area contributed by atoms with Gasteiger partial charge >= 0.3 is 5.97 Å². The van der Waals surface area contributed by atoms with Gasteiger partial charge in [-0.1, -0.05) is 24.6 Å². The van der Waals surface area contributed by atoms with E-state index in [1.807, 2.05) is 54.3 Å². The molecule has 2 aromatic carbocycles. The van der Waals surface area contributed by atoms with Crippen molar-refractivity contribution in [1.29, 1.82) is 0 Å². The number of ether oxygens (including phenoxy) is 1. The van der Waals surface area contributed by atoms with E-state index in [4.69, 9.17) is 9.72 Å². The van der Waals surface area contributed by atoms with E-state index in [0.29, 0.717) is 6.61 Å². The standard InChI is InChI=1S/C32H37N3O4S/c1-21-16-22(30(36)34-14-5-2-6-15-34)12-13-25(21)19-39-28-11-4-3-10-26(28)27-20-40-32(33-27)35-17-23-8-7-9-24(18-35)29(23)31(37)38/h3-4,10-13,16,20,23-24,29H,2,5-9,14-15,17-19H2,1H3,(H,37,38)/t23-,24+,29?. The smallest absolute Gasteiger partial charge is 0.307 e. The quantitative estimate of drug-likeness (QED) is 0.368. The highest BCUT2D eigenvalue weighted by Gasteiger charge is 2.44. The number of aliphatic carboxylic acids is 1. The molecule has 210 valence electrons. The monoisotopic (exact) mass is 559 g/mol. The highest BCUT2D eigenvalue weighted by Crippen LogP contribution is 2.42. The van der Waals surface area contributed by atoms with Crippen molar-refractivity contribution >= 4 is 28.3 Å². The molecular weight excluding hydrogens is 522 g/mol. The third kappa shape index (κ3) is 5.46. The van der Waals surface area contributed by atoms with Crippen LogP contribution in [0.25, 0.3) is 11.3 Å². The maximum Gasteiger partial charge on any atom is 0.307 e. The molecule has 2 bridgehead atoms. The molecule has 1 saturated carbocycles. The Morgan fingerprint density at radius 3 is 2.50 bits per heavy atom. The fraction of sp³-hybridized carbons (Fsp3) is 0.469. The van der Waals surface area contributed by atoms with Gasteiger partial charge < -0.3 is 19.6 Å². The minimum Gasteiger partial charge on any atom is -0.488 e. The number of carbonyl (C=O) groups excluding carboxylic acids is 1. The van der Waals surface area contributed by atoms with Crippen molar-refractivity contribution in [3.63, 3.8) is 0 Å². The summed E-state index contributed by atoms with van der Waals surface area (Å²) in [5.74, 6) is 0.414. The van der Waals surface area contributed by atoms with Crippen molar-refractivity contribution in [1.82, 2.24) is 9.88 Å². The molecule has 8 heteroatoms. The Morgan fingerprint density at radius 1 is 1.02 bits per heavy atom. The maximum atomic E-state index is 12.9. The van der Waals surface area contributed by atoms with E-state index in [9.17, 15) is 14.7 Å². The Morgan fingerprint density at radius 2 is 1.77 bits per heavy atom. The van der Waals surface area contributed by atoms with Crippen LogP contribution in [0.1, 0.15) is 60.0 Å². The Hall–Kier alpha value is -3.39. The number of para-hydroxylation sites is 1. The lowest BCUT2D eigenvalue weighted by Gasteiger charge is -2.45. The zero-order valence-corrected chi connectivity index (χ0v) is 23.9. The van der Waals surface area contributed by atoms with Gasteiger partial charge in [0.15, 0.2) is 5.13 Å².